The van der Waals surface area contributed by atoms with Gasteiger partial charge in [-0.3, -0.25) is 0 Å². The Hall–Kier alpha value is -1.99. The largest absolute Gasteiger partial charge is 0.434 e. The summed E-state index contributed by atoms with van der Waals surface area (Å²) in [5, 5.41) is 16.5. The minimum atomic E-state index is -1.36. The van der Waals surface area contributed by atoms with Gasteiger partial charge in [0.05, 0.1) is 6.10 Å². The fourth-order valence-corrected chi connectivity index (χ4v) is 2.76. The summed E-state index contributed by atoms with van der Waals surface area (Å²) in [6, 6.07) is 9.16. The smallest absolute Gasteiger partial charge is 0.392 e. The van der Waals surface area contributed by atoms with E-state index in [-0.39, 0.29) is 24.7 Å². The third-order valence-corrected chi connectivity index (χ3v) is 4.23. The third-order valence-electron chi connectivity index (χ3n) is 4.23. The lowest BCUT2D eigenvalue weighted by Crippen LogP contribution is -2.37. The maximum Gasteiger partial charge on any atom is 0.434 e. The molecule has 3 unspecified atom stereocenters. The summed E-state index contributed by atoms with van der Waals surface area (Å²) >= 11 is 0. The lowest BCUT2D eigenvalue weighted by Gasteiger charge is -2.24. The minimum absolute atomic E-state index is 0.181. The van der Waals surface area contributed by atoms with Crippen LogP contribution in [-0.2, 0) is 6.42 Å². The van der Waals surface area contributed by atoms with Crippen molar-refractivity contribution in [2.24, 2.45) is 5.73 Å². The molecule has 6 nitrogen and oxygen atoms in total. The molecule has 0 radical (unpaired) electrons. The number of halogens is 1. The Balaban J connectivity index is 2.02. The molecule has 7 heteroatoms. The normalized spacial score (nSPS) is 15.7. The van der Waals surface area contributed by atoms with Gasteiger partial charge in [-0.15, -0.1) is 5.10 Å². The van der Waals surface area contributed by atoms with E-state index in [1.165, 1.54) is 13.8 Å². The first kappa shape index (κ1) is 19.3. The molecule has 2 rings (SSSR count). The van der Waals surface area contributed by atoms with E-state index in [9.17, 15) is 14.3 Å². The third kappa shape index (κ3) is 6.43. The number of nitrogens with zero attached hydrogens (tertiary/aromatic N) is 1. The van der Waals surface area contributed by atoms with E-state index in [0.717, 1.165) is 5.56 Å². The van der Waals surface area contributed by atoms with Crippen molar-refractivity contribution in [2.45, 2.75) is 63.3 Å². The van der Waals surface area contributed by atoms with Crippen molar-refractivity contribution in [1.29, 1.82) is 0 Å². The Morgan fingerprint density at radius 3 is 2.60 bits per heavy atom. The summed E-state index contributed by atoms with van der Waals surface area (Å²) in [5.41, 5.74) is 5.79. The van der Waals surface area contributed by atoms with Gasteiger partial charge in [-0.2, -0.15) is 0 Å². The van der Waals surface area contributed by atoms with Crippen molar-refractivity contribution in [3.63, 3.8) is 0 Å². The second-order valence-corrected chi connectivity index (χ2v) is 7.06. The molecule has 0 aliphatic heterocycles. The number of hydrogen-bond donors (Lipinski definition) is 3. The number of aliphatic hydroxyl groups excluding tert-OH is 1. The van der Waals surface area contributed by atoms with Crippen LogP contribution in [0, 0.1) is 0 Å². The molecule has 1 aromatic carbocycles. The van der Waals surface area contributed by atoms with Crippen LogP contribution in [0.15, 0.2) is 39.5 Å². The lowest BCUT2D eigenvalue weighted by molar-refractivity contribution is 0.114. The number of H-pyrrole nitrogens is 1. The van der Waals surface area contributed by atoms with Gasteiger partial charge >= 0.3 is 5.76 Å². The number of aromatic amines is 1. The summed E-state index contributed by atoms with van der Waals surface area (Å²) < 4.78 is 18.9. The van der Waals surface area contributed by atoms with Gasteiger partial charge in [0.15, 0.2) is 0 Å². The van der Waals surface area contributed by atoms with Crippen LogP contribution >= 0.6 is 0 Å². The number of hydrogen-bond acceptors (Lipinski definition) is 5. The Morgan fingerprint density at radius 2 is 2.04 bits per heavy atom. The number of aromatic nitrogens is 2. The van der Waals surface area contributed by atoms with E-state index in [0.29, 0.717) is 12.8 Å². The molecule has 0 spiro atoms. The van der Waals surface area contributed by atoms with Crippen LogP contribution in [0.1, 0.15) is 50.5 Å². The zero-order chi connectivity index (χ0) is 18.4. The summed E-state index contributed by atoms with van der Waals surface area (Å²) in [5.74, 6) is -0.867. The predicted octanol–water partition coefficient (Wildman–Crippen LogP) is 2.30. The van der Waals surface area contributed by atoms with Gasteiger partial charge in [0, 0.05) is 12.0 Å². The Morgan fingerprint density at radius 1 is 1.36 bits per heavy atom. The molecule has 3 atom stereocenters. The van der Waals surface area contributed by atoms with E-state index in [4.69, 9.17) is 10.2 Å². The number of alkyl halides is 1. The maximum atomic E-state index is 13.8. The summed E-state index contributed by atoms with van der Waals surface area (Å²) in [6.07, 6.45) is 0.599. The molecule has 25 heavy (non-hydrogen) atoms. The van der Waals surface area contributed by atoms with E-state index >= 15 is 0 Å². The quantitative estimate of drug-likeness (QED) is 0.643. The van der Waals surface area contributed by atoms with Crippen molar-refractivity contribution >= 4 is 0 Å². The number of nitrogens with one attached hydrogen (secondary N) is 1. The predicted molar refractivity (Wildman–Crippen MR) is 93.0 cm³/mol. The van der Waals surface area contributed by atoms with Crippen molar-refractivity contribution in [3.8, 4) is 0 Å². The molecule has 0 aliphatic rings. The molecular formula is C18H26FN3O3. The first-order valence-electron chi connectivity index (χ1n) is 8.46. The van der Waals surface area contributed by atoms with Crippen LogP contribution in [0.4, 0.5) is 4.39 Å². The summed E-state index contributed by atoms with van der Waals surface area (Å²) in [4.78, 5) is 11.2. The molecule has 0 saturated carbocycles. The van der Waals surface area contributed by atoms with Crippen LogP contribution in [0.25, 0.3) is 0 Å². The van der Waals surface area contributed by atoms with Gasteiger partial charge in [0.25, 0.3) is 0 Å². The molecule has 2 aromatic rings. The molecule has 1 aromatic heterocycles. The molecule has 4 N–H and O–H groups in total. The Kier molecular flexibility index (Phi) is 6.50. The molecule has 0 fully saturated rings. The average Bonchev–Trinajstić information content (AvgIpc) is 2.97. The standard InChI is InChI=1S/C18H26FN3O3/c1-18(2,19)9-8-13(16-21-22-17(24)25-16)11-15(23)14(20)10-12-6-4-3-5-7-12/h3-7,13-15,23H,8-11,20H2,1-2H3,(H,22,24). The maximum absolute atomic E-state index is 13.8. The zero-order valence-corrected chi connectivity index (χ0v) is 14.6. The fraction of sp³-hybridized carbons (Fsp3) is 0.556. The molecule has 0 aliphatic carbocycles. The summed E-state index contributed by atoms with van der Waals surface area (Å²) in [7, 11) is 0. The molecule has 138 valence electrons. The SMILES string of the molecule is CC(C)(F)CCC(CC(O)C(N)Cc1ccccc1)c1n[nH]c(=O)o1. The number of benzene rings is 1. The van der Waals surface area contributed by atoms with E-state index in [1.807, 2.05) is 30.3 Å². The van der Waals surface area contributed by atoms with Gasteiger partial charge in [-0.1, -0.05) is 30.3 Å². The van der Waals surface area contributed by atoms with Gasteiger partial charge in [-0.25, -0.2) is 14.3 Å². The number of rotatable bonds is 9. The van der Waals surface area contributed by atoms with Crippen molar-refractivity contribution in [1.82, 2.24) is 10.2 Å². The minimum Gasteiger partial charge on any atom is -0.392 e. The Labute approximate surface area is 146 Å². The van der Waals surface area contributed by atoms with Crippen molar-refractivity contribution < 1.29 is 13.9 Å². The van der Waals surface area contributed by atoms with Gasteiger partial charge < -0.3 is 15.3 Å². The molecule has 0 amide bonds. The second-order valence-electron chi connectivity index (χ2n) is 7.06. The van der Waals surface area contributed by atoms with E-state index in [2.05, 4.69) is 10.2 Å². The highest BCUT2D eigenvalue weighted by Gasteiger charge is 2.27. The van der Waals surface area contributed by atoms with Gasteiger partial charge in [0.1, 0.15) is 5.67 Å². The summed E-state index contributed by atoms with van der Waals surface area (Å²) in [6.45, 7) is 2.98. The molecule has 0 bridgehead atoms. The first-order valence-corrected chi connectivity index (χ1v) is 8.46. The number of nitrogens with two attached hydrogens (primary N) is 1. The Bertz CT molecular complexity index is 693. The van der Waals surface area contributed by atoms with Crippen LogP contribution < -0.4 is 11.5 Å². The topological polar surface area (TPSA) is 105 Å². The lowest BCUT2D eigenvalue weighted by atomic mass is 9.88. The fourth-order valence-electron chi connectivity index (χ4n) is 2.76. The van der Waals surface area contributed by atoms with Crippen molar-refractivity contribution in [2.75, 3.05) is 0 Å². The second kappa shape index (κ2) is 8.40. The highest BCUT2D eigenvalue weighted by Crippen LogP contribution is 2.29. The van der Waals surface area contributed by atoms with E-state index in [1.54, 1.807) is 0 Å². The van der Waals surface area contributed by atoms with Gasteiger partial charge in [0.2, 0.25) is 5.89 Å². The van der Waals surface area contributed by atoms with Crippen LogP contribution in [-0.4, -0.2) is 33.1 Å². The average molecular weight is 351 g/mol. The first-order chi connectivity index (χ1) is 11.7. The van der Waals surface area contributed by atoms with Gasteiger partial charge in [-0.05, 0) is 45.1 Å². The molecule has 1 heterocycles. The highest BCUT2D eigenvalue weighted by molar-refractivity contribution is 5.16. The highest BCUT2D eigenvalue weighted by atomic mass is 19.1. The molecule has 0 saturated heterocycles. The van der Waals surface area contributed by atoms with Crippen molar-refractivity contribution in [3.05, 3.63) is 52.3 Å². The van der Waals surface area contributed by atoms with Crippen LogP contribution in [0.3, 0.4) is 0 Å². The van der Waals surface area contributed by atoms with Crippen LogP contribution in [0.2, 0.25) is 0 Å². The zero-order valence-electron chi connectivity index (χ0n) is 14.6. The monoisotopic (exact) mass is 351 g/mol. The van der Waals surface area contributed by atoms with Crippen LogP contribution in [0.5, 0.6) is 0 Å². The number of aliphatic hydroxyl groups is 1. The molecular weight excluding hydrogens is 325 g/mol. The van der Waals surface area contributed by atoms with E-state index < -0.39 is 23.6 Å².